The van der Waals surface area contributed by atoms with E-state index in [9.17, 15) is 10.1 Å². The van der Waals surface area contributed by atoms with E-state index < -0.39 is 0 Å². The Labute approximate surface area is 113 Å². The number of nitro benzene ring substituents is 1. The predicted molar refractivity (Wildman–Crippen MR) is 75.1 cm³/mol. The fourth-order valence-electron chi connectivity index (χ4n) is 2.59. The lowest BCUT2D eigenvalue weighted by Gasteiger charge is -2.32. The van der Waals surface area contributed by atoms with Crippen LogP contribution in [0.25, 0.3) is 0 Å². The fraction of sp³-hybridized carbons (Fsp3) is 0.571. The second-order valence-corrected chi connectivity index (χ2v) is 5.32. The molecule has 0 bridgehead atoms. The van der Waals surface area contributed by atoms with E-state index in [2.05, 4.69) is 24.5 Å². The summed E-state index contributed by atoms with van der Waals surface area (Å²) in [6, 6.07) is 7.47. The fourth-order valence-corrected chi connectivity index (χ4v) is 2.59. The first kappa shape index (κ1) is 14.0. The van der Waals surface area contributed by atoms with E-state index in [1.807, 2.05) is 6.07 Å². The lowest BCUT2D eigenvalue weighted by Crippen LogP contribution is -2.47. The number of non-ortho nitro benzene ring substituents is 1. The molecule has 0 aliphatic carbocycles. The van der Waals surface area contributed by atoms with E-state index in [1.165, 1.54) is 6.07 Å². The third kappa shape index (κ3) is 3.52. The van der Waals surface area contributed by atoms with Crippen molar-refractivity contribution in [1.29, 1.82) is 0 Å². The van der Waals surface area contributed by atoms with Crippen LogP contribution in [0.5, 0.6) is 0 Å². The van der Waals surface area contributed by atoms with Crippen molar-refractivity contribution in [3.63, 3.8) is 0 Å². The highest BCUT2D eigenvalue weighted by atomic mass is 16.6. The third-order valence-electron chi connectivity index (χ3n) is 3.83. The van der Waals surface area contributed by atoms with Crippen LogP contribution >= 0.6 is 0 Å². The Morgan fingerprint density at radius 2 is 2.32 bits per heavy atom. The molecule has 5 nitrogen and oxygen atoms in total. The quantitative estimate of drug-likeness (QED) is 0.646. The van der Waals surface area contributed by atoms with Crippen molar-refractivity contribution in [3.05, 3.63) is 39.9 Å². The molecule has 1 fully saturated rings. The first-order chi connectivity index (χ1) is 9.08. The number of rotatable bonds is 4. The molecule has 19 heavy (non-hydrogen) atoms. The first-order valence-corrected chi connectivity index (χ1v) is 6.79. The molecule has 5 heteroatoms. The molecule has 1 aromatic rings. The van der Waals surface area contributed by atoms with Gasteiger partial charge in [0, 0.05) is 24.2 Å². The van der Waals surface area contributed by atoms with Gasteiger partial charge in [-0.05, 0) is 37.9 Å². The summed E-state index contributed by atoms with van der Waals surface area (Å²) in [6.45, 7) is 6.35. The number of benzene rings is 1. The molecule has 2 N–H and O–H groups in total. The summed E-state index contributed by atoms with van der Waals surface area (Å²) in [4.78, 5) is 10.5. The van der Waals surface area contributed by atoms with Crippen molar-refractivity contribution >= 4 is 5.69 Å². The van der Waals surface area contributed by atoms with Crippen molar-refractivity contribution in [3.8, 4) is 0 Å². The van der Waals surface area contributed by atoms with Crippen LogP contribution in [-0.2, 0) is 0 Å². The van der Waals surface area contributed by atoms with Crippen LogP contribution in [0, 0.1) is 16.0 Å². The Morgan fingerprint density at radius 3 is 3.00 bits per heavy atom. The van der Waals surface area contributed by atoms with Gasteiger partial charge in [-0.15, -0.1) is 0 Å². The van der Waals surface area contributed by atoms with Gasteiger partial charge in [0.05, 0.1) is 4.92 Å². The summed E-state index contributed by atoms with van der Waals surface area (Å²) in [5.74, 6) is 0.579. The number of piperidine rings is 1. The van der Waals surface area contributed by atoms with Gasteiger partial charge in [-0.25, -0.2) is 0 Å². The second-order valence-electron chi connectivity index (χ2n) is 5.32. The maximum Gasteiger partial charge on any atom is 0.269 e. The van der Waals surface area contributed by atoms with Gasteiger partial charge in [0.1, 0.15) is 0 Å². The molecule has 3 unspecified atom stereocenters. The highest BCUT2D eigenvalue weighted by Crippen LogP contribution is 2.21. The van der Waals surface area contributed by atoms with E-state index in [0.717, 1.165) is 25.1 Å². The monoisotopic (exact) mass is 263 g/mol. The van der Waals surface area contributed by atoms with Crippen LogP contribution in [0.1, 0.15) is 31.9 Å². The Hall–Kier alpha value is -1.46. The minimum Gasteiger partial charge on any atom is -0.316 e. The minimum atomic E-state index is -0.344. The van der Waals surface area contributed by atoms with E-state index >= 15 is 0 Å². The van der Waals surface area contributed by atoms with Crippen molar-refractivity contribution < 1.29 is 4.92 Å². The van der Waals surface area contributed by atoms with E-state index in [1.54, 1.807) is 12.1 Å². The van der Waals surface area contributed by atoms with Crippen molar-refractivity contribution in [2.24, 2.45) is 5.92 Å². The van der Waals surface area contributed by atoms with Crippen molar-refractivity contribution in [2.45, 2.75) is 32.4 Å². The van der Waals surface area contributed by atoms with Crippen LogP contribution in [-0.4, -0.2) is 24.1 Å². The number of hydrogen-bond donors (Lipinski definition) is 2. The zero-order valence-electron chi connectivity index (χ0n) is 11.4. The van der Waals surface area contributed by atoms with Crippen LogP contribution in [0.2, 0.25) is 0 Å². The zero-order valence-corrected chi connectivity index (χ0v) is 11.4. The molecule has 1 aliphatic rings. The Bertz CT molecular complexity index is 450. The van der Waals surface area contributed by atoms with Gasteiger partial charge in [-0.3, -0.25) is 10.1 Å². The van der Waals surface area contributed by atoms with Crippen molar-refractivity contribution in [1.82, 2.24) is 10.6 Å². The first-order valence-electron chi connectivity index (χ1n) is 6.79. The van der Waals surface area contributed by atoms with Gasteiger partial charge in [0.2, 0.25) is 0 Å². The second kappa shape index (κ2) is 6.12. The molecule has 1 aliphatic heterocycles. The normalized spacial score (nSPS) is 24.9. The van der Waals surface area contributed by atoms with Crippen LogP contribution in [0.15, 0.2) is 24.3 Å². The van der Waals surface area contributed by atoms with Gasteiger partial charge in [0.25, 0.3) is 5.69 Å². The Morgan fingerprint density at radius 1 is 1.53 bits per heavy atom. The molecule has 0 spiro atoms. The molecular weight excluding hydrogens is 242 g/mol. The smallest absolute Gasteiger partial charge is 0.269 e. The molecule has 0 saturated carbocycles. The minimum absolute atomic E-state index is 0.130. The maximum absolute atomic E-state index is 10.8. The average Bonchev–Trinajstić information content (AvgIpc) is 2.41. The molecule has 3 atom stereocenters. The highest BCUT2D eigenvalue weighted by Gasteiger charge is 2.23. The molecule has 1 aromatic carbocycles. The largest absolute Gasteiger partial charge is 0.316 e. The van der Waals surface area contributed by atoms with E-state index in [-0.39, 0.29) is 16.7 Å². The SMILES string of the molecule is CC(NC1CCNCC1C)c1cccc([N+](=O)[O-])c1. The van der Waals surface area contributed by atoms with E-state index in [4.69, 9.17) is 0 Å². The number of nitrogens with one attached hydrogen (secondary N) is 2. The lowest BCUT2D eigenvalue weighted by atomic mass is 9.93. The Balaban J connectivity index is 2.04. The van der Waals surface area contributed by atoms with Gasteiger partial charge >= 0.3 is 0 Å². The summed E-state index contributed by atoms with van der Waals surface area (Å²) < 4.78 is 0. The van der Waals surface area contributed by atoms with E-state index in [0.29, 0.717) is 12.0 Å². The molecule has 0 radical (unpaired) electrons. The summed E-state index contributed by atoms with van der Waals surface area (Å²) in [6.07, 6.45) is 1.10. The Kier molecular flexibility index (Phi) is 4.50. The van der Waals surface area contributed by atoms with Crippen molar-refractivity contribution in [2.75, 3.05) is 13.1 Å². The molecule has 104 valence electrons. The summed E-state index contributed by atoms with van der Waals surface area (Å²) >= 11 is 0. The molecule has 2 rings (SSSR count). The maximum atomic E-state index is 10.8. The molecule has 1 saturated heterocycles. The van der Waals surface area contributed by atoms with Crippen LogP contribution in [0.4, 0.5) is 5.69 Å². The molecule has 0 amide bonds. The van der Waals surface area contributed by atoms with Gasteiger partial charge in [-0.2, -0.15) is 0 Å². The predicted octanol–water partition coefficient (Wildman–Crippen LogP) is 2.24. The lowest BCUT2D eigenvalue weighted by molar-refractivity contribution is -0.384. The zero-order chi connectivity index (χ0) is 13.8. The number of hydrogen-bond acceptors (Lipinski definition) is 4. The van der Waals surface area contributed by atoms with Gasteiger partial charge in [-0.1, -0.05) is 19.1 Å². The number of nitrogens with zero attached hydrogens (tertiary/aromatic N) is 1. The standard InChI is InChI=1S/C14H21N3O2/c1-10-9-15-7-6-14(10)16-11(2)12-4-3-5-13(8-12)17(18)19/h3-5,8,10-11,14-16H,6-7,9H2,1-2H3. The number of nitro groups is 1. The van der Waals surface area contributed by atoms with Crippen LogP contribution < -0.4 is 10.6 Å². The van der Waals surface area contributed by atoms with Crippen LogP contribution in [0.3, 0.4) is 0 Å². The molecule has 0 aromatic heterocycles. The topological polar surface area (TPSA) is 67.2 Å². The van der Waals surface area contributed by atoms with Gasteiger partial charge < -0.3 is 10.6 Å². The summed E-state index contributed by atoms with van der Waals surface area (Å²) in [7, 11) is 0. The third-order valence-corrected chi connectivity index (χ3v) is 3.83. The average molecular weight is 263 g/mol. The van der Waals surface area contributed by atoms with Gasteiger partial charge in [0.15, 0.2) is 0 Å². The summed E-state index contributed by atoms with van der Waals surface area (Å²) in [5.41, 5.74) is 1.13. The molecule has 1 heterocycles. The highest BCUT2D eigenvalue weighted by molar-refractivity contribution is 5.35. The molecular formula is C14H21N3O2. The summed E-state index contributed by atoms with van der Waals surface area (Å²) in [5, 5.41) is 17.8.